The summed E-state index contributed by atoms with van der Waals surface area (Å²) in [5.41, 5.74) is 0.543. The Hall–Kier alpha value is -1.42. The van der Waals surface area contributed by atoms with Gasteiger partial charge in [-0.05, 0) is 30.9 Å². The molecule has 4 nitrogen and oxygen atoms in total. The van der Waals surface area contributed by atoms with E-state index in [1.807, 2.05) is 0 Å². The molecule has 1 aliphatic carbocycles. The minimum Gasteiger partial charge on any atom is -0.497 e. The van der Waals surface area contributed by atoms with Crippen molar-refractivity contribution in [1.82, 2.24) is 5.32 Å². The number of carbonyl (C=O) groups excluding carboxylic acids is 1. The van der Waals surface area contributed by atoms with Gasteiger partial charge in [0.1, 0.15) is 11.5 Å². The topological polar surface area (TPSA) is 47.6 Å². The van der Waals surface area contributed by atoms with Crippen molar-refractivity contribution in [2.45, 2.75) is 25.3 Å². The second-order valence-electron chi connectivity index (χ2n) is 5.03. The number of alkyl halides is 1. The largest absolute Gasteiger partial charge is 0.497 e. The Morgan fingerprint density at radius 1 is 1.25 bits per heavy atom. The number of amides is 1. The van der Waals surface area contributed by atoms with Crippen LogP contribution in [0.4, 0.5) is 0 Å². The first-order chi connectivity index (χ1) is 9.67. The minimum absolute atomic E-state index is 0.107. The zero-order valence-corrected chi connectivity index (χ0v) is 12.6. The number of hydrogen-bond acceptors (Lipinski definition) is 3. The first-order valence-electron chi connectivity index (χ1n) is 6.77. The van der Waals surface area contributed by atoms with Crippen molar-refractivity contribution in [2.75, 3.05) is 20.1 Å². The fourth-order valence-electron chi connectivity index (χ4n) is 2.60. The highest BCUT2D eigenvalue weighted by molar-refractivity contribution is 6.18. The third kappa shape index (κ3) is 3.37. The molecule has 20 heavy (non-hydrogen) atoms. The summed E-state index contributed by atoms with van der Waals surface area (Å²) >= 11 is 5.94. The van der Waals surface area contributed by atoms with Gasteiger partial charge in [0.05, 0.1) is 14.2 Å². The minimum atomic E-state index is -0.107. The Balaban J connectivity index is 2.12. The molecule has 5 heteroatoms. The molecule has 1 aliphatic rings. The number of nitrogens with one attached hydrogen (secondary N) is 1. The lowest BCUT2D eigenvalue weighted by Crippen LogP contribution is -2.37. The lowest BCUT2D eigenvalue weighted by Gasteiger charge is -2.19. The maximum absolute atomic E-state index is 12.3. The molecule has 0 aliphatic heterocycles. The molecule has 1 aromatic carbocycles. The van der Waals surface area contributed by atoms with Gasteiger partial charge in [-0.2, -0.15) is 0 Å². The Morgan fingerprint density at radius 2 is 1.90 bits per heavy atom. The molecular formula is C15H20ClNO3. The summed E-state index contributed by atoms with van der Waals surface area (Å²) in [6, 6.07) is 5.33. The van der Waals surface area contributed by atoms with Crippen molar-refractivity contribution in [2.24, 2.45) is 5.92 Å². The van der Waals surface area contributed by atoms with Crippen LogP contribution in [0.15, 0.2) is 18.2 Å². The Kier molecular flexibility index (Phi) is 5.12. The molecule has 1 amide bonds. The van der Waals surface area contributed by atoms with Crippen LogP contribution in [0.1, 0.15) is 29.6 Å². The molecule has 0 saturated heterocycles. The molecule has 0 aromatic heterocycles. The van der Waals surface area contributed by atoms with Crippen LogP contribution in [-0.4, -0.2) is 32.0 Å². The highest BCUT2D eigenvalue weighted by Crippen LogP contribution is 2.28. The van der Waals surface area contributed by atoms with Gasteiger partial charge in [-0.1, -0.05) is 6.42 Å². The normalized spacial score (nSPS) is 21.6. The van der Waals surface area contributed by atoms with E-state index in [1.165, 1.54) is 0 Å². The smallest absolute Gasteiger partial charge is 0.251 e. The Labute approximate surface area is 124 Å². The van der Waals surface area contributed by atoms with Crippen molar-refractivity contribution in [3.63, 3.8) is 0 Å². The zero-order valence-electron chi connectivity index (χ0n) is 11.8. The summed E-state index contributed by atoms with van der Waals surface area (Å²) in [4.78, 5) is 12.3. The third-order valence-electron chi connectivity index (χ3n) is 3.79. The van der Waals surface area contributed by atoms with E-state index in [-0.39, 0.29) is 11.9 Å². The predicted octanol–water partition coefficient (Wildman–Crippen LogP) is 2.84. The fraction of sp³-hybridized carbons (Fsp3) is 0.533. The van der Waals surface area contributed by atoms with Crippen molar-refractivity contribution in [1.29, 1.82) is 0 Å². The van der Waals surface area contributed by atoms with Gasteiger partial charge >= 0.3 is 0 Å². The van der Waals surface area contributed by atoms with Gasteiger partial charge in [0, 0.05) is 23.6 Å². The van der Waals surface area contributed by atoms with Crippen molar-refractivity contribution >= 4 is 17.5 Å². The fourth-order valence-corrected chi connectivity index (χ4v) is 2.97. The van der Waals surface area contributed by atoms with Crippen LogP contribution in [0.3, 0.4) is 0 Å². The molecule has 0 bridgehead atoms. The van der Waals surface area contributed by atoms with Crippen LogP contribution in [0, 0.1) is 5.92 Å². The highest BCUT2D eigenvalue weighted by atomic mass is 35.5. The quantitative estimate of drug-likeness (QED) is 0.850. The van der Waals surface area contributed by atoms with Gasteiger partial charge in [-0.25, -0.2) is 0 Å². The summed E-state index contributed by atoms with van der Waals surface area (Å²) in [5, 5.41) is 3.06. The van der Waals surface area contributed by atoms with Gasteiger partial charge in [0.15, 0.2) is 0 Å². The molecule has 2 atom stereocenters. The zero-order chi connectivity index (χ0) is 14.5. The van der Waals surface area contributed by atoms with Crippen LogP contribution in [0.25, 0.3) is 0 Å². The van der Waals surface area contributed by atoms with Gasteiger partial charge in [-0.3, -0.25) is 4.79 Å². The average Bonchev–Trinajstić information content (AvgIpc) is 2.93. The maximum Gasteiger partial charge on any atom is 0.251 e. The van der Waals surface area contributed by atoms with E-state index >= 15 is 0 Å². The molecule has 0 spiro atoms. The van der Waals surface area contributed by atoms with E-state index in [2.05, 4.69) is 5.32 Å². The first-order valence-corrected chi connectivity index (χ1v) is 7.31. The Bertz CT molecular complexity index is 456. The summed E-state index contributed by atoms with van der Waals surface area (Å²) < 4.78 is 10.4. The first kappa shape index (κ1) is 15.0. The second-order valence-corrected chi connectivity index (χ2v) is 5.34. The number of methoxy groups -OCH3 is 2. The summed E-state index contributed by atoms with van der Waals surface area (Å²) in [6.07, 6.45) is 3.18. The molecule has 1 N–H and O–H groups in total. The molecule has 2 rings (SSSR count). The van der Waals surface area contributed by atoms with Crippen LogP contribution >= 0.6 is 11.6 Å². The molecule has 110 valence electrons. The average molecular weight is 298 g/mol. The summed E-state index contributed by atoms with van der Waals surface area (Å²) in [6.45, 7) is 0. The van der Waals surface area contributed by atoms with E-state index in [0.29, 0.717) is 28.9 Å². The standard InChI is InChI=1S/C15H20ClNO3/c1-19-12-6-11(7-13(8-12)20-2)15(18)17-14-5-3-4-10(14)9-16/h6-8,10,14H,3-5,9H2,1-2H3,(H,17,18). The van der Waals surface area contributed by atoms with E-state index < -0.39 is 0 Å². The van der Waals surface area contributed by atoms with Crippen molar-refractivity contribution in [3.8, 4) is 11.5 Å². The molecule has 0 radical (unpaired) electrons. The van der Waals surface area contributed by atoms with Crippen molar-refractivity contribution in [3.05, 3.63) is 23.8 Å². The molecule has 2 unspecified atom stereocenters. The molecule has 0 heterocycles. The van der Waals surface area contributed by atoms with Crippen LogP contribution in [0.2, 0.25) is 0 Å². The SMILES string of the molecule is COc1cc(OC)cc(C(=O)NC2CCCC2CCl)c1. The van der Waals surface area contributed by atoms with E-state index in [1.54, 1.807) is 32.4 Å². The lowest BCUT2D eigenvalue weighted by molar-refractivity contribution is 0.0929. The van der Waals surface area contributed by atoms with Gasteiger partial charge in [0.25, 0.3) is 5.91 Å². The summed E-state index contributed by atoms with van der Waals surface area (Å²) in [7, 11) is 3.13. The van der Waals surface area contributed by atoms with Crippen molar-refractivity contribution < 1.29 is 14.3 Å². The predicted molar refractivity (Wildman–Crippen MR) is 78.9 cm³/mol. The molecule has 1 fully saturated rings. The second kappa shape index (κ2) is 6.84. The van der Waals surface area contributed by atoms with E-state index in [4.69, 9.17) is 21.1 Å². The van der Waals surface area contributed by atoms with Crippen LogP contribution in [0.5, 0.6) is 11.5 Å². The van der Waals surface area contributed by atoms with Crippen LogP contribution in [-0.2, 0) is 0 Å². The number of carbonyl (C=O) groups is 1. The summed E-state index contributed by atoms with van der Waals surface area (Å²) in [5.74, 6) is 2.06. The lowest BCUT2D eigenvalue weighted by atomic mass is 10.1. The molecule has 1 saturated carbocycles. The monoisotopic (exact) mass is 297 g/mol. The number of halogens is 1. The Morgan fingerprint density at radius 3 is 2.45 bits per heavy atom. The number of hydrogen-bond donors (Lipinski definition) is 1. The third-order valence-corrected chi connectivity index (χ3v) is 4.18. The number of rotatable bonds is 5. The van der Waals surface area contributed by atoms with Gasteiger partial charge in [0.2, 0.25) is 0 Å². The van der Waals surface area contributed by atoms with Crippen LogP contribution < -0.4 is 14.8 Å². The number of benzene rings is 1. The molecule has 1 aromatic rings. The van der Waals surface area contributed by atoms with Gasteiger partial charge in [-0.15, -0.1) is 11.6 Å². The van der Waals surface area contributed by atoms with Gasteiger partial charge < -0.3 is 14.8 Å². The highest BCUT2D eigenvalue weighted by Gasteiger charge is 2.28. The maximum atomic E-state index is 12.3. The van der Waals surface area contributed by atoms with E-state index in [0.717, 1.165) is 19.3 Å². The number of ether oxygens (including phenoxy) is 2. The van der Waals surface area contributed by atoms with E-state index in [9.17, 15) is 4.79 Å². The molecular weight excluding hydrogens is 278 g/mol.